The summed E-state index contributed by atoms with van der Waals surface area (Å²) in [5.41, 5.74) is 1.30. The minimum atomic E-state index is -1.08. The molecule has 0 bridgehead atoms. The Labute approximate surface area is 145 Å². The van der Waals surface area contributed by atoms with Crippen LogP contribution in [0.15, 0.2) is 48.7 Å². The lowest BCUT2D eigenvalue weighted by atomic mass is 10.2. The molecule has 1 amide bonds. The molecule has 1 aromatic heterocycles. The van der Waals surface area contributed by atoms with Crippen LogP contribution >= 0.6 is 0 Å². The third kappa shape index (κ3) is 5.89. The first-order valence-electron chi connectivity index (χ1n) is 7.73. The highest BCUT2D eigenvalue weighted by Gasteiger charge is 2.19. The highest BCUT2D eigenvalue weighted by molar-refractivity contribution is 5.96. The average Bonchev–Trinajstić information content (AvgIpc) is 2.63. The standard InChI is InChI=1S/C18H20N2O5/c1-24-10-9-20(12-17(21)22)18(23)15-7-8-19-16(11-15)25-13-14-5-3-2-4-6-14/h2-8,11H,9-10,12-13H2,1H3,(H,21,22). The van der Waals surface area contributed by atoms with Crippen LogP contribution in [-0.4, -0.2) is 53.7 Å². The number of aliphatic carboxylic acids is 1. The predicted octanol–water partition coefficient (Wildman–Crippen LogP) is 1.83. The van der Waals surface area contributed by atoms with Crippen LogP contribution in [0.2, 0.25) is 0 Å². The molecule has 0 fully saturated rings. The Balaban J connectivity index is 2.07. The number of methoxy groups -OCH3 is 1. The summed E-state index contributed by atoms with van der Waals surface area (Å²) in [4.78, 5) is 28.8. The number of rotatable bonds is 9. The second kappa shape index (κ2) is 9.39. The lowest BCUT2D eigenvalue weighted by Gasteiger charge is -2.20. The maximum atomic E-state index is 12.5. The van der Waals surface area contributed by atoms with Crippen molar-refractivity contribution >= 4 is 11.9 Å². The molecule has 0 unspecified atom stereocenters. The van der Waals surface area contributed by atoms with Crippen LogP contribution in [0.5, 0.6) is 5.88 Å². The van der Waals surface area contributed by atoms with Gasteiger partial charge in [0.1, 0.15) is 13.2 Å². The number of hydrogen-bond acceptors (Lipinski definition) is 5. The number of pyridine rings is 1. The van der Waals surface area contributed by atoms with Crippen LogP contribution in [0.4, 0.5) is 0 Å². The van der Waals surface area contributed by atoms with Gasteiger partial charge in [0, 0.05) is 31.5 Å². The van der Waals surface area contributed by atoms with Crippen molar-refractivity contribution in [1.82, 2.24) is 9.88 Å². The van der Waals surface area contributed by atoms with E-state index in [1.54, 1.807) is 0 Å². The SMILES string of the molecule is COCCN(CC(=O)O)C(=O)c1ccnc(OCc2ccccc2)c1. The van der Waals surface area contributed by atoms with Gasteiger partial charge >= 0.3 is 5.97 Å². The van der Waals surface area contributed by atoms with Crippen LogP contribution < -0.4 is 4.74 Å². The summed E-state index contributed by atoms with van der Waals surface area (Å²) < 4.78 is 10.5. The van der Waals surface area contributed by atoms with Gasteiger partial charge in [-0.1, -0.05) is 30.3 Å². The monoisotopic (exact) mass is 344 g/mol. The number of carbonyl (C=O) groups is 2. The molecular weight excluding hydrogens is 324 g/mol. The first-order valence-corrected chi connectivity index (χ1v) is 7.73. The van der Waals surface area contributed by atoms with Gasteiger partial charge < -0.3 is 19.5 Å². The van der Waals surface area contributed by atoms with Crippen molar-refractivity contribution in [3.63, 3.8) is 0 Å². The molecule has 1 heterocycles. The predicted molar refractivity (Wildman–Crippen MR) is 90.4 cm³/mol. The molecule has 1 aromatic carbocycles. The molecular formula is C18H20N2O5. The summed E-state index contributed by atoms with van der Waals surface area (Å²) in [5.74, 6) is -1.19. The molecule has 0 spiro atoms. The maximum absolute atomic E-state index is 12.5. The van der Waals surface area contributed by atoms with Gasteiger partial charge in [0.2, 0.25) is 5.88 Å². The summed E-state index contributed by atoms with van der Waals surface area (Å²) in [6.45, 7) is 0.365. The largest absolute Gasteiger partial charge is 0.480 e. The number of carbonyl (C=O) groups excluding carboxylic acids is 1. The van der Waals surface area contributed by atoms with E-state index in [0.29, 0.717) is 18.1 Å². The third-order valence-electron chi connectivity index (χ3n) is 3.39. The molecule has 132 valence electrons. The zero-order valence-corrected chi connectivity index (χ0v) is 13.9. The van der Waals surface area contributed by atoms with Crippen LogP contribution in [0.1, 0.15) is 15.9 Å². The number of carboxylic acid groups (broad SMARTS) is 1. The molecule has 0 saturated carbocycles. The van der Waals surface area contributed by atoms with Gasteiger partial charge in [-0.05, 0) is 11.6 Å². The number of carboxylic acids is 1. The smallest absolute Gasteiger partial charge is 0.323 e. The Morgan fingerprint density at radius 1 is 1.20 bits per heavy atom. The van der Waals surface area contributed by atoms with E-state index in [4.69, 9.17) is 14.6 Å². The third-order valence-corrected chi connectivity index (χ3v) is 3.39. The lowest BCUT2D eigenvalue weighted by molar-refractivity contribution is -0.137. The van der Waals surface area contributed by atoms with Crippen molar-refractivity contribution in [2.75, 3.05) is 26.8 Å². The summed E-state index contributed by atoms with van der Waals surface area (Å²) in [6.07, 6.45) is 1.46. The first kappa shape index (κ1) is 18.4. The van der Waals surface area contributed by atoms with E-state index in [2.05, 4.69) is 4.98 Å². The van der Waals surface area contributed by atoms with E-state index in [1.165, 1.54) is 30.3 Å². The van der Waals surface area contributed by atoms with Gasteiger partial charge in [0.15, 0.2) is 0 Å². The summed E-state index contributed by atoms with van der Waals surface area (Å²) in [7, 11) is 1.49. The number of ether oxygens (including phenoxy) is 2. The van der Waals surface area contributed by atoms with Gasteiger partial charge in [-0.25, -0.2) is 4.98 Å². The zero-order chi connectivity index (χ0) is 18.1. The van der Waals surface area contributed by atoms with E-state index in [-0.39, 0.29) is 13.2 Å². The Bertz CT molecular complexity index is 706. The maximum Gasteiger partial charge on any atom is 0.323 e. The molecule has 2 aromatic rings. The van der Waals surface area contributed by atoms with Gasteiger partial charge in [-0.2, -0.15) is 0 Å². The molecule has 0 aliphatic carbocycles. The molecule has 0 radical (unpaired) electrons. The molecule has 7 heteroatoms. The molecule has 0 atom stereocenters. The Morgan fingerprint density at radius 3 is 2.64 bits per heavy atom. The van der Waals surface area contributed by atoms with Crippen LogP contribution in [0.3, 0.4) is 0 Å². The van der Waals surface area contributed by atoms with Crippen molar-refractivity contribution in [2.24, 2.45) is 0 Å². The Hall–Kier alpha value is -2.93. The summed E-state index contributed by atoms with van der Waals surface area (Å²) >= 11 is 0. The van der Waals surface area contributed by atoms with Crippen molar-refractivity contribution in [3.8, 4) is 5.88 Å². The van der Waals surface area contributed by atoms with Crippen LogP contribution in [0, 0.1) is 0 Å². The van der Waals surface area contributed by atoms with Gasteiger partial charge in [0.05, 0.1) is 6.61 Å². The van der Waals surface area contributed by atoms with Crippen molar-refractivity contribution in [1.29, 1.82) is 0 Å². The summed E-state index contributed by atoms with van der Waals surface area (Å²) in [5, 5.41) is 8.97. The topological polar surface area (TPSA) is 89.0 Å². The van der Waals surface area contributed by atoms with E-state index in [0.717, 1.165) is 5.56 Å². The normalized spacial score (nSPS) is 10.3. The molecule has 25 heavy (non-hydrogen) atoms. The molecule has 0 aliphatic heterocycles. The Kier molecular flexibility index (Phi) is 6.91. The van der Waals surface area contributed by atoms with Crippen molar-refractivity contribution in [3.05, 3.63) is 59.8 Å². The fourth-order valence-electron chi connectivity index (χ4n) is 2.15. The molecule has 7 nitrogen and oxygen atoms in total. The average molecular weight is 344 g/mol. The second-order valence-corrected chi connectivity index (χ2v) is 5.27. The molecule has 1 N–H and O–H groups in total. The van der Waals surface area contributed by atoms with Gasteiger partial charge in [-0.3, -0.25) is 9.59 Å². The number of benzene rings is 1. The fraction of sp³-hybridized carbons (Fsp3) is 0.278. The van der Waals surface area contributed by atoms with E-state index < -0.39 is 18.4 Å². The first-order chi connectivity index (χ1) is 12.1. The molecule has 0 saturated heterocycles. The number of amides is 1. The zero-order valence-electron chi connectivity index (χ0n) is 13.9. The van der Waals surface area contributed by atoms with Gasteiger partial charge in [0.25, 0.3) is 5.91 Å². The lowest BCUT2D eigenvalue weighted by Crippen LogP contribution is -2.38. The van der Waals surface area contributed by atoms with Crippen LogP contribution in [-0.2, 0) is 16.1 Å². The quantitative estimate of drug-likeness (QED) is 0.746. The second-order valence-electron chi connectivity index (χ2n) is 5.27. The van der Waals surface area contributed by atoms with Gasteiger partial charge in [-0.15, -0.1) is 0 Å². The molecule has 2 rings (SSSR count). The number of aromatic nitrogens is 1. The van der Waals surface area contributed by atoms with E-state index in [1.807, 2.05) is 30.3 Å². The minimum Gasteiger partial charge on any atom is -0.480 e. The molecule has 0 aliphatic rings. The van der Waals surface area contributed by atoms with Crippen molar-refractivity contribution in [2.45, 2.75) is 6.61 Å². The fourth-order valence-corrected chi connectivity index (χ4v) is 2.15. The summed E-state index contributed by atoms with van der Waals surface area (Å²) in [6, 6.07) is 12.6. The van der Waals surface area contributed by atoms with E-state index in [9.17, 15) is 9.59 Å². The van der Waals surface area contributed by atoms with E-state index >= 15 is 0 Å². The Morgan fingerprint density at radius 2 is 1.96 bits per heavy atom. The van der Waals surface area contributed by atoms with Crippen molar-refractivity contribution < 1.29 is 24.2 Å². The van der Waals surface area contributed by atoms with Crippen LogP contribution in [0.25, 0.3) is 0 Å². The highest BCUT2D eigenvalue weighted by Crippen LogP contribution is 2.14. The minimum absolute atomic E-state index is 0.185. The highest BCUT2D eigenvalue weighted by atomic mass is 16.5. The number of nitrogens with zero attached hydrogens (tertiary/aromatic N) is 2. The number of hydrogen-bond donors (Lipinski definition) is 1.